The van der Waals surface area contributed by atoms with Crippen molar-refractivity contribution in [1.82, 2.24) is 10.6 Å². The van der Waals surface area contributed by atoms with Gasteiger partial charge in [-0.1, -0.05) is 114 Å². The van der Waals surface area contributed by atoms with Crippen LogP contribution in [0.5, 0.6) is 0 Å². The highest BCUT2D eigenvalue weighted by molar-refractivity contribution is 9.14. The van der Waals surface area contributed by atoms with Crippen molar-refractivity contribution < 1.29 is 63.0 Å². The molecular weight excluding hydrogens is 945 g/mol. The van der Waals surface area contributed by atoms with Gasteiger partial charge in [-0.05, 0) is 66.7 Å². The van der Waals surface area contributed by atoms with Gasteiger partial charge in [0.15, 0.2) is 8.53 Å². The molecule has 15 nitrogen and oxygen atoms in total. The second kappa shape index (κ2) is 39.0. The van der Waals surface area contributed by atoms with E-state index in [9.17, 15) is 39.0 Å². The molecule has 2 atom stereocenters. The number of carboxylic acids is 3. The monoisotopic (exact) mass is 1020 g/mol. The Bertz CT molecular complexity index is 1310. The minimum absolute atomic E-state index is 0.00996. The Morgan fingerprint density at radius 1 is 0.500 bits per heavy atom. The van der Waals surface area contributed by atoms with Crippen LogP contribution in [0.15, 0.2) is 0 Å². The minimum atomic E-state index is -1.07. The van der Waals surface area contributed by atoms with Gasteiger partial charge in [0.1, 0.15) is 12.4 Å². The van der Waals surface area contributed by atoms with Crippen LogP contribution in [0.25, 0.3) is 0 Å². The fourth-order valence-corrected chi connectivity index (χ4v) is 20.4. The van der Waals surface area contributed by atoms with Crippen LogP contribution in [0, 0.1) is 11.8 Å². The number of unbranched alkanes of at least 4 members (excludes halogenated alkanes) is 12. The van der Waals surface area contributed by atoms with Crippen molar-refractivity contribution in [3.05, 3.63) is 0 Å². The van der Waals surface area contributed by atoms with E-state index in [1.54, 1.807) is 43.2 Å². The number of carbonyl (C=O) groups is 6. The summed E-state index contributed by atoms with van der Waals surface area (Å²) in [5.74, 6) is -4.11. The maximum absolute atomic E-state index is 12.4. The van der Waals surface area contributed by atoms with Crippen LogP contribution in [0.1, 0.15) is 141 Å². The fourth-order valence-electron chi connectivity index (χ4n) is 6.61. The van der Waals surface area contributed by atoms with E-state index in [0.29, 0.717) is 58.7 Å². The van der Waals surface area contributed by atoms with Crippen LogP contribution in [0.2, 0.25) is 0 Å². The third kappa shape index (κ3) is 32.8. The largest absolute Gasteiger partial charge is 0.481 e. The summed E-state index contributed by atoms with van der Waals surface area (Å²) in [5.41, 5.74) is 0. The number of aliphatic carboxylic acids is 3. The lowest BCUT2D eigenvalue weighted by atomic mass is 9.94. The summed E-state index contributed by atoms with van der Waals surface area (Å²) in [7, 11) is 10.7. The SMILES string of the molecule is O=C(O)CCCCCCCCCCCCCCC(=O)C[C@@H](CCC(=O)NCCOCCOCC(=O)CCCOCCOCCNCCCC[C@@H](C(=O)O)C1SSC2(SS1)SS2)C(=O)O. The molecule has 2 fully saturated rings. The molecule has 2 rings (SSSR count). The molecule has 0 aromatic carbocycles. The smallest absolute Gasteiger partial charge is 0.308 e. The van der Waals surface area contributed by atoms with Gasteiger partial charge in [0.25, 0.3) is 0 Å². The van der Waals surface area contributed by atoms with Crippen molar-refractivity contribution in [3.8, 4) is 0 Å². The summed E-state index contributed by atoms with van der Waals surface area (Å²) >= 11 is 0. The molecule has 5 N–H and O–H groups in total. The first-order valence-electron chi connectivity index (χ1n) is 23.1. The van der Waals surface area contributed by atoms with Crippen LogP contribution in [-0.4, -0.2) is 131 Å². The summed E-state index contributed by atoms with van der Waals surface area (Å²) in [6.45, 7) is 4.44. The molecule has 2 aliphatic heterocycles. The number of ether oxygens (including phenoxy) is 4. The predicted octanol–water partition coefficient (Wildman–Crippen LogP) is 9.07. The number of hydrogen-bond acceptors (Lipinski definition) is 17. The number of rotatable bonds is 46. The van der Waals surface area contributed by atoms with Crippen LogP contribution in [0.3, 0.4) is 0 Å². The molecular formula is C43H74N2O13S6. The second-order valence-electron chi connectivity index (χ2n) is 15.9. The van der Waals surface area contributed by atoms with Gasteiger partial charge in [0.2, 0.25) is 5.91 Å². The molecule has 0 radical (unpaired) electrons. The van der Waals surface area contributed by atoms with Crippen molar-refractivity contribution in [2.24, 2.45) is 11.8 Å². The van der Waals surface area contributed by atoms with Crippen LogP contribution < -0.4 is 10.6 Å². The van der Waals surface area contributed by atoms with E-state index in [-0.39, 0.29) is 89.4 Å². The predicted molar refractivity (Wildman–Crippen MR) is 263 cm³/mol. The van der Waals surface area contributed by atoms with Crippen LogP contribution >= 0.6 is 64.8 Å². The van der Waals surface area contributed by atoms with Gasteiger partial charge in [-0.3, -0.25) is 28.8 Å². The first-order valence-corrected chi connectivity index (χ1v) is 29.6. The van der Waals surface area contributed by atoms with E-state index in [0.717, 1.165) is 77.2 Å². The number of carboxylic acid groups (broad SMARTS) is 3. The molecule has 2 heterocycles. The number of hydrogen-bond donors (Lipinski definition) is 5. The zero-order valence-corrected chi connectivity index (χ0v) is 42.3. The van der Waals surface area contributed by atoms with Crippen LogP contribution in [0.4, 0.5) is 0 Å². The highest BCUT2D eigenvalue weighted by Crippen LogP contribution is 2.84. The van der Waals surface area contributed by atoms with Gasteiger partial charge in [0, 0.05) is 51.8 Å². The second-order valence-corrected chi connectivity index (χ2v) is 25.4. The summed E-state index contributed by atoms with van der Waals surface area (Å²) in [6, 6.07) is 0. The topological polar surface area (TPSA) is 224 Å². The Labute approximate surface area is 404 Å². The van der Waals surface area contributed by atoms with Gasteiger partial charge in [-0.15, -0.1) is 0 Å². The number of nitrogens with one attached hydrogen (secondary N) is 2. The van der Waals surface area contributed by atoms with E-state index in [2.05, 4.69) is 10.6 Å². The molecule has 1 spiro atoms. The average molecular weight is 1020 g/mol. The molecule has 2 aliphatic rings. The summed E-state index contributed by atoms with van der Waals surface area (Å²) in [6.07, 6.45) is 16.7. The molecule has 0 aromatic rings. The summed E-state index contributed by atoms with van der Waals surface area (Å²) in [4.78, 5) is 70.8. The Kier molecular flexibility index (Phi) is 36.1. The lowest BCUT2D eigenvalue weighted by Crippen LogP contribution is -2.29. The minimum Gasteiger partial charge on any atom is -0.481 e. The van der Waals surface area contributed by atoms with E-state index in [1.165, 1.54) is 19.3 Å². The van der Waals surface area contributed by atoms with E-state index >= 15 is 0 Å². The molecule has 2 saturated heterocycles. The first kappa shape index (κ1) is 59.2. The van der Waals surface area contributed by atoms with Crippen molar-refractivity contribution in [3.63, 3.8) is 0 Å². The number of amides is 1. The number of Topliss-reactive ketones (excluding diaryl/α,β-unsaturated/α-hetero) is 2. The van der Waals surface area contributed by atoms with E-state index in [4.69, 9.17) is 24.1 Å². The van der Waals surface area contributed by atoms with Gasteiger partial charge >= 0.3 is 17.9 Å². The van der Waals surface area contributed by atoms with Gasteiger partial charge < -0.3 is 44.9 Å². The Balaban J connectivity index is 1.29. The quantitative estimate of drug-likeness (QED) is 0.0218. The molecule has 0 aromatic heterocycles. The number of carbonyl (C=O) groups excluding carboxylic acids is 3. The Hall–Kier alpha value is -0.880. The van der Waals surface area contributed by atoms with Gasteiger partial charge in [-0.25, -0.2) is 0 Å². The number of ketones is 2. The maximum Gasteiger partial charge on any atom is 0.308 e. The molecule has 0 unspecified atom stereocenters. The normalized spacial score (nSPS) is 15.5. The van der Waals surface area contributed by atoms with Crippen molar-refractivity contribution in [1.29, 1.82) is 0 Å². The molecule has 64 heavy (non-hydrogen) atoms. The van der Waals surface area contributed by atoms with Gasteiger partial charge in [-0.2, -0.15) is 0 Å². The van der Waals surface area contributed by atoms with Crippen LogP contribution in [-0.2, 0) is 47.7 Å². The fraction of sp³-hybridized carbons (Fsp3) is 0.860. The molecule has 0 saturated carbocycles. The van der Waals surface area contributed by atoms with Crippen molar-refractivity contribution >= 4 is 100 Å². The summed E-state index contributed by atoms with van der Waals surface area (Å²) in [5, 5.41) is 34.0. The molecule has 0 aliphatic carbocycles. The lowest BCUT2D eigenvalue weighted by Gasteiger charge is -2.27. The zero-order chi connectivity index (χ0) is 46.5. The average Bonchev–Trinajstić information content (AvgIpc) is 4.03. The highest BCUT2D eigenvalue weighted by atomic mass is 33.2. The standard InChI is InChI=1S/C43H74N2O13S6/c46-35(16-11-9-7-5-3-1-2-4-6-8-10-12-19-39(49)50)32-34(40(51)52)20-21-38(48)45-24-27-57-30-31-58-33-36(47)17-15-25-55-28-29-56-26-23-44-22-14-13-18-37(41(53)54)42-59-61-43(62-60-42)63-64-43/h34,37,42,44H,1-33H2,(H,45,48)(H,49,50)(H,51,52)(H,53,54)/t34-,37+/m1/s1. The van der Waals surface area contributed by atoms with Crippen molar-refractivity contribution in [2.75, 3.05) is 72.5 Å². The van der Waals surface area contributed by atoms with Gasteiger partial charge in [0.05, 0.1) is 56.1 Å². The third-order valence-electron chi connectivity index (χ3n) is 10.4. The maximum atomic E-state index is 12.4. The Morgan fingerprint density at radius 2 is 1.05 bits per heavy atom. The van der Waals surface area contributed by atoms with E-state index in [1.807, 2.05) is 21.6 Å². The van der Waals surface area contributed by atoms with Crippen molar-refractivity contribution in [2.45, 2.75) is 149 Å². The Morgan fingerprint density at radius 3 is 1.62 bits per heavy atom. The highest BCUT2D eigenvalue weighted by Gasteiger charge is 2.53. The molecule has 0 bridgehead atoms. The zero-order valence-electron chi connectivity index (χ0n) is 37.4. The molecule has 370 valence electrons. The van der Waals surface area contributed by atoms with E-state index < -0.39 is 23.8 Å². The third-order valence-corrected chi connectivity index (χ3v) is 24.2. The first-order chi connectivity index (χ1) is 31.0. The molecule has 1 amide bonds. The molecule has 21 heteroatoms. The lowest BCUT2D eigenvalue weighted by molar-refractivity contribution is -0.144. The summed E-state index contributed by atoms with van der Waals surface area (Å²) < 4.78 is 22.2.